The van der Waals surface area contributed by atoms with E-state index in [-0.39, 0.29) is 5.96 Å². The van der Waals surface area contributed by atoms with Gasteiger partial charge >= 0.3 is 0 Å². The van der Waals surface area contributed by atoms with Gasteiger partial charge in [0, 0.05) is 0 Å². The van der Waals surface area contributed by atoms with E-state index in [4.69, 9.17) is 0 Å². The summed E-state index contributed by atoms with van der Waals surface area (Å²) in [5, 5.41) is 16.6. The Balaban J connectivity index is 2.42. The predicted molar refractivity (Wildman–Crippen MR) is 47.6 cm³/mol. The first-order valence-corrected chi connectivity index (χ1v) is 3.60. The summed E-state index contributed by atoms with van der Waals surface area (Å²) in [6.07, 6.45) is 0. The molecule has 5 nitrogen and oxygen atoms in total. The standard InChI is InChI=1S/C7H6FN4O/c8-10-7-9-5-3-1-2-4-6(5)12(13)11-7/h1-4H,(H2,9,10,11)/q-1. The molecule has 2 rings (SSSR count). The van der Waals surface area contributed by atoms with Crippen LogP contribution in [-0.4, -0.2) is 5.96 Å². The molecule has 1 aromatic rings. The molecule has 0 spiro atoms. The Bertz CT molecular complexity index is 354. The van der Waals surface area contributed by atoms with E-state index in [1.165, 1.54) is 0 Å². The average molecular weight is 181 g/mol. The van der Waals surface area contributed by atoms with Crippen LogP contribution in [0.15, 0.2) is 29.5 Å². The van der Waals surface area contributed by atoms with Crippen molar-refractivity contribution in [3.8, 4) is 0 Å². The third-order valence-corrected chi connectivity index (χ3v) is 1.67. The van der Waals surface area contributed by atoms with Gasteiger partial charge in [-0.2, -0.15) is 0 Å². The lowest BCUT2D eigenvalue weighted by Gasteiger charge is -2.37. The van der Waals surface area contributed by atoms with Crippen molar-refractivity contribution >= 4 is 17.3 Å². The number of nitrogens with one attached hydrogen (secondary N) is 2. The molecule has 0 aliphatic carbocycles. The number of hydrazine groups is 1. The molecular weight excluding hydrogens is 175 g/mol. The molecule has 1 heterocycles. The minimum Gasteiger partial charge on any atom is -0.739 e. The highest BCUT2D eigenvalue weighted by Crippen LogP contribution is 2.26. The van der Waals surface area contributed by atoms with Crippen molar-refractivity contribution in [3.63, 3.8) is 0 Å². The molecule has 1 aliphatic heterocycles. The Labute approximate surface area is 73.4 Å². The van der Waals surface area contributed by atoms with Gasteiger partial charge < -0.3 is 15.7 Å². The van der Waals surface area contributed by atoms with Gasteiger partial charge in [0.05, 0.1) is 11.4 Å². The maximum atomic E-state index is 11.8. The van der Waals surface area contributed by atoms with Crippen molar-refractivity contribution in [2.24, 2.45) is 5.21 Å². The Morgan fingerprint density at radius 3 is 2.92 bits per heavy atom. The van der Waals surface area contributed by atoms with Crippen molar-refractivity contribution in [2.75, 3.05) is 10.5 Å². The topological polar surface area (TPSA) is 62.7 Å². The number of benzene rings is 1. The van der Waals surface area contributed by atoms with Crippen LogP contribution in [0.2, 0.25) is 0 Å². The Kier molecular flexibility index (Phi) is 1.75. The Morgan fingerprint density at radius 2 is 2.15 bits per heavy atom. The lowest BCUT2D eigenvalue weighted by molar-refractivity contribution is 0.530. The molecule has 1 aliphatic rings. The van der Waals surface area contributed by atoms with Crippen LogP contribution in [0.1, 0.15) is 0 Å². The number of fused-ring (bicyclic) bond motifs is 1. The lowest BCUT2D eigenvalue weighted by Crippen LogP contribution is -2.45. The van der Waals surface area contributed by atoms with Gasteiger partial charge in [0.1, 0.15) is 0 Å². The molecule has 0 fully saturated rings. The zero-order chi connectivity index (χ0) is 9.26. The number of halogens is 1. The van der Waals surface area contributed by atoms with Gasteiger partial charge in [-0.3, -0.25) is 5.43 Å². The number of hydrogen-bond donors (Lipinski definition) is 2. The molecule has 2 N–H and O–H groups in total. The fraction of sp³-hybridized carbons (Fsp3) is 0. The summed E-state index contributed by atoms with van der Waals surface area (Å²) in [6.45, 7) is 0. The summed E-state index contributed by atoms with van der Waals surface area (Å²) in [5.74, 6) is -0.214. The second kappa shape index (κ2) is 2.91. The highest BCUT2D eigenvalue weighted by Gasteiger charge is 2.12. The summed E-state index contributed by atoms with van der Waals surface area (Å²) in [7, 11) is 0. The molecule has 13 heavy (non-hydrogen) atoms. The van der Waals surface area contributed by atoms with Crippen LogP contribution in [0.25, 0.3) is 0 Å². The number of anilines is 2. The minimum absolute atomic E-state index is 0.214. The van der Waals surface area contributed by atoms with Crippen molar-refractivity contribution < 1.29 is 4.48 Å². The molecule has 0 aromatic heterocycles. The highest BCUT2D eigenvalue weighted by atomic mass is 19.2. The van der Waals surface area contributed by atoms with E-state index in [1.807, 2.05) is 0 Å². The van der Waals surface area contributed by atoms with Crippen LogP contribution in [-0.2, 0) is 0 Å². The molecule has 0 radical (unpaired) electrons. The van der Waals surface area contributed by atoms with Crippen molar-refractivity contribution in [1.82, 2.24) is 5.43 Å². The second-order valence-corrected chi connectivity index (χ2v) is 2.48. The molecule has 0 atom stereocenters. The predicted octanol–water partition coefficient (Wildman–Crippen LogP) is 1.16. The molecular formula is C7H6FN4O-. The molecule has 6 heteroatoms. The third-order valence-electron chi connectivity index (χ3n) is 1.67. The van der Waals surface area contributed by atoms with Crippen LogP contribution < -0.4 is 15.9 Å². The first-order chi connectivity index (χ1) is 6.31. The van der Waals surface area contributed by atoms with Gasteiger partial charge in [0.25, 0.3) is 0 Å². The van der Waals surface area contributed by atoms with E-state index in [0.29, 0.717) is 16.5 Å². The fourth-order valence-corrected chi connectivity index (χ4v) is 1.11. The smallest absolute Gasteiger partial charge is 0.249 e. The SMILES string of the molecule is [O-]N1NC(=NF)Nc2ccccc21. The summed E-state index contributed by atoms with van der Waals surface area (Å²) in [5.41, 5.74) is 3.08. The Morgan fingerprint density at radius 1 is 1.38 bits per heavy atom. The van der Waals surface area contributed by atoms with Crippen LogP contribution in [0.4, 0.5) is 15.9 Å². The van der Waals surface area contributed by atoms with Gasteiger partial charge in [-0.25, -0.2) is 0 Å². The quantitative estimate of drug-likeness (QED) is 0.630. The molecule has 68 valence electrons. The van der Waals surface area contributed by atoms with E-state index in [9.17, 15) is 9.69 Å². The average Bonchev–Trinajstić information content (AvgIpc) is 2.18. The monoisotopic (exact) mass is 181 g/mol. The molecule has 0 unspecified atom stereocenters. The highest BCUT2D eigenvalue weighted by molar-refractivity contribution is 6.00. The van der Waals surface area contributed by atoms with Crippen molar-refractivity contribution in [1.29, 1.82) is 0 Å². The molecule has 0 saturated carbocycles. The number of nitrogens with zero attached hydrogens (tertiary/aromatic N) is 2. The summed E-state index contributed by atoms with van der Waals surface area (Å²) < 4.78 is 11.8. The fourth-order valence-electron chi connectivity index (χ4n) is 1.11. The zero-order valence-electron chi connectivity index (χ0n) is 6.49. The first-order valence-electron chi connectivity index (χ1n) is 3.60. The third kappa shape index (κ3) is 1.27. The van der Waals surface area contributed by atoms with Crippen molar-refractivity contribution in [3.05, 3.63) is 29.5 Å². The van der Waals surface area contributed by atoms with Gasteiger partial charge in [0.15, 0.2) is 0 Å². The van der Waals surface area contributed by atoms with Gasteiger partial charge in [-0.05, 0) is 17.3 Å². The van der Waals surface area contributed by atoms with Gasteiger partial charge in [0.2, 0.25) is 5.96 Å². The first kappa shape index (κ1) is 7.81. The normalized spacial score (nSPS) is 17.7. The maximum Gasteiger partial charge on any atom is 0.249 e. The van der Waals surface area contributed by atoms with E-state index in [2.05, 4.69) is 16.0 Å². The largest absolute Gasteiger partial charge is 0.739 e. The molecule has 0 saturated heterocycles. The zero-order valence-corrected chi connectivity index (χ0v) is 6.49. The van der Waals surface area contributed by atoms with E-state index < -0.39 is 0 Å². The van der Waals surface area contributed by atoms with Crippen LogP contribution >= 0.6 is 0 Å². The molecule has 0 bridgehead atoms. The Hall–Kier alpha value is -1.82. The molecule has 1 aromatic carbocycles. The number of rotatable bonds is 0. The van der Waals surface area contributed by atoms with Crippen molar-refractivity contribution in [2.45, 2.75) is 0 Å². The second-order valence-electron chi connectivity index (χ2n) is 2.48. The van der Waals surface area contributed by atoms with Gasteiger partial charge in [-0.15, -0.1) is 0 Å². The van der Waals surface area contributed by atoms with E-state index in [0.717, 1.165) is 0 Å². The minimum atomic E-state index is -0.214. The maximum absolute atomic E-state index is 11.8. The number of para-hydroxylation sites is 2. The summed E-state index contributed by atoms with van der Waals surface area (Å²) in [6, 6.07) is 6.72. The summed E-state index contributed by atoms with van der Waals surface area (Å²) in [4.78, 5) is 0. The van der Waals surface area contributed by atoms with E-state index >= 15 is 0 Å². The van der Waals surface area contributed by atoms with Crippen LogP contribution in [0.5, 0.6) is 0 Å². The van der Waals surface area contributed by atoms with Crippen LogP contribution in [0.3, 0.4) is 0 Å². The number of hydrogen-bond acceptors (Lipinski definition) is 3. The molecule has 0 amide bonds. The van der Waals surface area contributed by atoms with Gasteiger partial charge in [-0.1, -0.05) is 16.6 Å². The van der Waals surface area contributed by atoms with E-state index in [1.54, 1.807) is 24.3 Å². The summed E-state index contributed by atoms with van der Waals surface area (Å²) >= 11 is 0. The van der Waals surface area contributed by atoms with Crippen LogP contribution in [0, 0.1) is 5.21 Å². The number of guanidine groups is 1. The lowest BCUT2D eigenvalue weighted by atomic mass is 10.2.